The summed E-state index contributed by atoms with van der Waals surface area (Å²) in [4.78, 5) is 11.5. The fourth-order valence-electron chi connectivity index (χ4n) is 1.73. The fourth-order valence-corrected chi connectivity index (χ4v) is 2.35. The van der Waals surface area contributed by atoms with E-state index in [-0.39, 0.29) is 23.1 Å². The van der Waals surface area contributed by atoms with Crippen molar-refractivity contribution in [2.75, 3.05) is 7.11 Å². The van der Waals surface area contributed by atoms with E-state index in [1.807, 2.05) is 0 Å². The topological polar surface area (TPSA) is 44.1 Å². The van der Waals surface area contributed by atoms with Crippen LogP contribution in [0.2, 0.25) is 5.02 Å². The van der Waals surface area contributed by atoms with E-state index in [9.17, 15) is 9.18 Å². The van der Waals surface area contributed by atoms with Crippen molar-refractivity contribution in [3.63, 3.8) is 0 Å². The van der Waals surface area contributed by atoms with Crippen molar-refractivity contribution >= 4 is 33.5 Å². The van der Waals surface area contributed by atoms with Crippen molar-refractivity contribution in [2.45, 2.75) is 13.5 Å². The number of halogens is 3. The molecule has 0 spiro atoms. The van der Waals surface area contributed by atoms with E-state index in [2.05, 4.69) is 25.8 Å². The number of methoxy groups -OCH3 is 1. The Kier molecular flexibility index (Phi) is 4.45. The fraction of sp³-hybridized carbons (Fsp3) is 0.231. The standard InChI is InChI=1S/C13H11BrClFN2O2/c1-7-11(15)12(13(19)20-2)17-18(7)6-8-5-9(14)3-4-10(8)16/h3-5H,6H2,1-2H3. The minimum Gasteiger partial charge on any atom is -0.464 e. The Morgan fingerprint density at radius 3 is 2.90 bits per heavy atom. The molecule has 1 aromatic heterocycles. The molecule has 20 heavy (non-hydrogen) atoms. The van der Waals surface area contributed by atoms with Gasteiger partial charge < -0.3 is 4.74 Å². The zero-order chi connectivity index (χ0) is 14.9. The maximum absolute atomic E-state index is 13.7. The largest absolute Gasteiger partial charge is 0.464 e. The van der Waals surface area contributed by atoms with Gasteiger partial charge in [-0.1, -0.05) is 27.5 Å². The second-order valence-electron chi connectivity index (χ2n) is 4.13. The predicted octanol–water partition coefficient (Wildman–Crippen LogP) is 3.58. The van der Waals surface area contributed by atoms with Gasteiger partial charge in [0.2, 0.25) is 0 Å². The van der Waals surface area contributed by atoms with Crippen molar-refractivity contribution in [3.8, 4) is 0 Å². The van der Waals surface area contributed by atoms with Gasteiger partial charge in [0.15, 0.2) is 5.69 Å². The van der Waals surface area contributed by atoms with E-state index in [0.717, 1.165) is 4.47 Å². The molecule has 2 aromatic rings. The van der Waals surface area contributed by atoms with Gasteiger partial charge in [0, 0.05) is 10.0 Å². The summed E-state index contributed by atoms with van der Waals surface area (Å²) in [5, 5.41) is 4.29. The molecule has 0 saturated heterocycles. The van der Waals surface area contributed by atoms with Crippen molar-refractivity contribution in [1.29, 1.82) is 0 Å². The molecule has 0 unspecified atom stereocenters. The monoisotopic (exact) mass is 360 g/mol. The van der Waals surface area contributed by atoms with Crippen molar-refractivity contribution in [3.05, 3.63) is 50.5 Å². The first-order valence-electron chi connectivity index (χ1n) is 5.69. The van der Waals surface area contributed by atoms with Crippen LogP contribution in [0.4, 0.5) is 4.39 Å². The van der Waals surface area contributed by atoms with Gasteiger partial charge in [0.1, 0.15) is 5.82 Å². The third-order valence-electron chi connectivity index (χ3n) is 2.84. The third-order valence-corrected chi connectivity index (χ3v) is 3.79. The highest BCUT2D eigenvalue weighted by Crippen LogP contribution is 2.23. The number of carbonyl (C=O) groups excluding carboxylic acids is 1. The van der Waals surface area contributed by atoms with E-state index in [1.54, 1.807) is 19.1 Å². The minimum atomic E-state index is -0.619. The van der Waals surface area contributed by atoms with Gasteiger partial charge in [0.25, 0.3) is 0 Å². The van der Waals surface area contributed by atoms with Crippen LogP contribution in [0.1, 0.15) is 21.7 Å². The Morgan fingerprint density at radius 1 is 1.55 bits per heavy atom. The number of esters is 1. The molecule has 2 rings (SSSR count). The van der Waals surface area contributed by atoms with Gasteiger partial charge in [0.05, 0.1) is 24.4 Å². The molecule has 0 aliphatic carbocycles. The molecule has 7 heteroatoms. The van der Waals surface area contributed by atoms with E-state index in [4.69, 9.17) is 11.6 Å². The highest BCUT2D eigenvalue weighted by Gasteiger charge is 2.20. The number of hydrogen-bond acceptors (Lipinski definition) is 3. The number of ether oxygens (including phenoxy) is 1. The molecule has 4 nitrogen and oxygen atoms in total. The molecule has 1 aromatic carbocycles. The Bertz CT molecular complexity index is 673. The molecule has 1 heterocycles. The first-order valence-corrected chi connectivity index (χ1v) is 6.86. The second kappa shape index (κ2) is 5.93. The summed E-state index contributed by atoms with van der Waals surface area (Å²) in [6, 6.07) is 4.63. The minimum absolute atomic E-state index is 0.0297. The number of aromatic nitrogens is 2. The maximum Gasteiger partial charge on any atom is 0.360 e. The summed E-state index contributed by atoms with van der Waals surface area (Å²) >= 11 is 9.32. The number of benzene rings is 1. The molecular weight excluding hydrogens is 351 g/mol. The molecule has 0 amide bonds. The van der Waals surface area contributed by atoms with Crippen molar-refractivity contribution in [2.24, 2.45) is 0 Å². The van der Waals surface area contributed by atoms with E-state index in [1.165, 1.54) is 17.9 Å². The molecular formula is C13H11BrClFN2O2. The summed E-state index contributed by atoms with van der Waals surface area (Å²) in [5.41, 5.74) is 1.05. The van der Waals surface area contributed by atoms with Gasteiger partial charge in [-0.05, 0) is 25.1 Å². The lowest BCUT2D eigenvalue weighted by Crippen LogP contribution is -2.08. The van der Waals surface area contributed by atoms with Crippen LogP contribution < -0.4 is 0 Å². The highest BCUT2D eigenvalue weighted by atomic mass is 79.9. The molecule has 0 N–H and O–H groups in total. The zero-order valence-corrected chi connectivity index (χ0v) is 13.1. The number of carbonyl (C=O) groups is 1. The third kappa shape index (κ3) is 2.86. The van der Waals surface area contributed by atoms with Crippen LogP contribution in [0.5, 0.6) is 0 Å². The molecule has 0 aliphatic heterocycles. The molecule has 0 saturated carbocycles. The number of rotatable bonds is 3. The van der Waals surface area contributed by atoms with Crippen LogP contribution >= 0.6 is 27.5 Å². The zero-order valence-electron chi connectivity index (χ0n) is 10.8. The van der Waals surface area contributed by atoms with Crippen molar-refractivity contribution < 1.29 is 13.9 Å². The van der Waals surface area contributed by atoms with Crippen LogP contribution in [-0.4, -0.2) is 22.9 Å². The summed E-state index contributed by atoms with van der Waals surface area (Å²) in [7, 11) is 1.25. The Labute approximate surface area is 128 Å². The van der Waals surface area contributed by atoms with Gasteiger partial charge in [-0.15, -0.1) is 0 Å². The van der Waals surface area contributed by atoms with E-state index >= 15 is 0 Å². The summed E-state index contributed by atoms with van der Waals surface area (Å²) in [6.07, 6.45) is 0. The van der Waals surface area contributed by atoms with Crippen LogP contribution in [0.15, 0.2) is 22.7 Å². The van der Waals surface area contributed by atoms with Crippen LogP contribution in [-0.2, 0) is 11.3 Å². The smallest absolute Gasteiger partial charge is 0.360 e. The predicted molar refractivity (Wildman–Crippen MR) is 76.5 cm³/mol. The first kappa shape index (κ1) is 15.0. The molecule has 106 valence electrons. The average molecular weight is 362 g/mol. The molecule has 0 bridgehead atoms. The number of hydrogen-bond donors (Lipinski definition) is 0. The molecule has 0 atom stereocenters. The van der Waals surface area contributed by atoms with Crippen molar-refractivity contribution in [1.82, 2.24) is 9.78 Å². The Morgan fingerprint density at radius 2 is 2.25 bits per heavy atom. The molecule has 0 aliphatic rings. The lowest BCUT2D eigenvalue weighted by molar-refractivity contribution is 0.0593. The lowest BCUT2D eigenvalue weighted by Gasteiger charge is -2.06. The SMILES string of the molecule is COC(=O)c1nn(Cc2cc(Br)ccc2F)c(C)c1Cl. The van der Waals surface area contributed by atoms with Crippen LogP contribution in [0.3, 0.4) is 0 Å². The summed E-state index contributed by atoms with van der Waals surface area (Å²) in [6.45, 7) is 1.88. The van der Waals surface area contributed by atoms with Crippen LogP contribution in [0.25, 0.3) is 0 Å². The maximum atomic E-state index is 13.7. The second-order valence-corrected chi connectivity index (χ2v) is 5.43. The van der Waals surface area contributed by atoms with E-state index in [0.29, 0.717) is 11.3 Å². The average Bonchev–Trinajstić information content (AvgIpc) is 2.70. The highest BCUT2D eigenvalue weighted by molar-refractivity contribution is 9.10. The Balaban J connectivity index is 2.39. The summed E-state index contributed by atoms with van der Waals surface area (Å²) < 4.78 is 20.6. The molecule has 0 fully saturated rings. The lowest BCUT2D eigenvalue weighted by atomic mass is 10.2. The van der Waals surface area contributed by atoms with Gasteiger partial charge in [-0.2, -0.15) is 5.10 Å². The quantitative estimate of drug-likeness (QED) is 0.785. The van der Waals surface area contributed by atoms with Crippen LogP contribution in [0, 0.1) is 12.7 Å². The first-order chi connectivity index (χ1) is 9.43. The van der Waals surface area contributed by atoms with Gasteiger partial charge in [-0.25, -0.2) is 9.18 Å². The summed E-state index contributed by atoms with van der Waals surface area (Å²) in [5.74, 6) is -0.967. The van der Waals surface area contributed by atoms with Gasteiger partial charge >= 0.3 is 5.97 Å². The van der Waals surface area contributed by atoms with Gasteiger partial charge in [-0.3, -0.25) is 4.68 Å². The molecule has 0 radical (unpaired) electrons. The Hall–Kier alpha value is -1.40. The number of nitrogens with zero attached hydrogens (tertiary/aromatic N) is 2. The normalized spacial score (nSPS) is 10.7. The van der Waals surface area contributed by atoms with E-state index < -0.39 is 5.97 Å².